The van der Waals surface area contributed by atoms with Crippen LogP contribution in [0.2, 0.25) is 0 Å². The Hall–Kier alpha value is -2.75. The number of carbonyl (C=O) groups excluding carboxylic acids is 2. The first-order valence-electron chi connectivity index (χ1n) is 12.2. The number of ether oxygens (including phenoxy) is 1. The van der Waals surface area contributed by atoms with Gasteiger partial charge in [0.05, 0.1) is 16.8 Å². The first kappa shape index (κ1) is 26.3. The highest BCUT2D eigenvalue weighted by molar-refractivity contribution is 7.23. The second-order valence-electron chi connectivity index (χ2n) is 10.2. The van der Waals surface area contributed by atoms with E-state index in [-0.39, 0.29) is 12.0 Å². The van der Waals surface area contributed by atoms with E-state index in [0.717, 1.165) is 41.8 Å². The number of hydrogen-bond acceptors (Lipinski definition) is 7. The molecule has 2 amide bonds. The number of hydrogen-bond donors (Lipinski definition) is 2. The molecule has 36 heavy (non-hydrogen) atoms. The smallest absolute Gasteiger partial charge is 0.410 e. The zero-order valence-electron chi connectivity index (χ0n) is 21.6. The Kier molecular flexibility index (Phi) is 7.82. The van der Waals surface area contributed by atoms with E-state index in [4.69, 9.17) is 9.72 Å². The normalized spacial score (nSPS) is 13.7. The van der Waals surface area contributed by atoms with Gasteiger partial charge in [0.1, 0.15) is 15.6 Å². The van der Waals surface area contributed by atoms with Crippen LogP contribution in [0.4, 0.5) is 9.80 Å². The molecule has 0 bridgehead atoms. The molecule has 0 saturated carbocycles. The van der Waals surface area contributed by atoms with E-state index in [2.05, 4.69) is 37.1 Å². The maximum absolute atomic E-state index is 12.8. The third kappa shape index (κ3) is 6.14. The van der Waals surface area contributed by atoms with Crippen LogP contribution in [0.15, 0.2) is 24.8 Å². The Morgan fingerprint density at radius 3 is 2.75 bits per heavy atom. The Bertz CT molecular complexity index is 1290. The fraction of sp³-hybridized carbons (Fsp3) is 0.444. The molecule has 1 aliphatic rings. The van der Waals surface area contributed by atoms with E-state index in [1.54, 1.807) is 16.2 Å². The zero-order valence-corrected chi connectivity index (χ0v) is 23.2. The van der Waals surface area contributed by atoms with Crippen molar-refractivity contribution in [3.8, 4) is 10.6 Å². The predicted molar refractivity (Wildman–Crippen MR) is 150 cm³/mol. The van der Waals surface area contributed by atoms with E-state index < -0.39 is 5.60 Å². The van der Waals surface area contributed by atoms with Gasteiger partial charge in [-0.15, -0.1) is 22.7 Å². The number of benzene rings is 1. The Morgan fingerprint density at radius 2 is 2.06 bits per heavy atom. The Morgan fingerprint density at radius 1 is 1.28 bits per heavy atom. The quantitative estimate of drug-likeness (QED) is 0.378. The average Bonchev–Trinajstić information content (AvgIpc) is 3.36. The summed E-state index contributed by atoms with van der Waals surface area (Å²) in [6, 6.07) is 6.45. The summed E-state index contributed by atoms with van der Waals surface area (Å²) in [5.74, 6) is -0.0398. The van der Waals surface area contributed by atoms with Gasteiger partial charge in [-0.25, -0.2) is 9.78 Å². The monoisotopic (exact) mass is 526 g/mol. The molecule has 0 aliphatic carbocycles. The van der Waals surface area contributed by atoms with Crippen LogP contribution in [0.25, 0.3) is 26.9 Å². The molecule has 3 heterocycles. The molecule has 0 fully saturated rings. The number of nitrogens with one attached hydrogen (secondary N) is 2. The molecular formula is C27H34N4O3S2. The standard InChI is InChI=1S/C27H34N4O3S2/c1-7-17-8-9-20-19(14-17)29-24(35-20)23-18-11-13-31(26(33)34-27(4,5)6)15-21(18)36-25(23)30-22(32)10-12-28-16(2)3/h7-9,14,16,28H,1,10-13,15H2,2-6H3,(H,30,32). The number of aromatic nitrogens is 1. The molecule has 0 unspecified atom stereocenters. The van der Waals surface area contributed by atoms with Crippen LogP contribution >= 0.6 is 22.7 Å². The van der Waals surface area contributed by atoms with E-state index >= 15 is 0 Å². The van der Waals surface area contributed by atoms with Gasteiger partial charge in [0, 0.05) is 36.0 Å². The van der Waals surface area contributed by atoms with Crippen molar-refractivity contribution in [2.24, 2.45) is 0 Å². The van der Waals surface area contributed by atoms with Gasteiger partial charge in [-0.05, 0) is 50.5 Å². The molecule has 4 rings (SSSR count). The predicted octanol–water partition coefficient (Wildman–Crippen LogP) is 6.29. The fourth-order valence-corrected chi connectivity index (χ4v) is 6.41. The maximum Gasteiger partial charge on any atom is 0.410 e. The van der Waals surface area contributed by atoms with Gasteiger partial charge in [-0.1, -0.05) is 32.6 Å². The summed E-state index contributed by atoms with van der Waals surface area (Å²) in [5, 5.41) is 8.11. The van der Waals surface area contributed by atoms with Gasteiger partial charge in [0.25, 0.3) is 0 Å². The highest BCUT2D eigenvalue weighted by Crippen LogP contribution is 2.46. The first-order valence-corrected chi connectivity index (χ1v) is 13.9. The second-order valence-corrected chi connectivity index (χ2v) is 12.4. The van der Waals surface area contributed by atoms with Crippen molar-refractivity contribution in [3.63, 3.8) is 0 Å². The molecule has 0 spiro atoms. The molecule has 1 aromatic carbocycles. The van der Waals surface area contributed by atoms with E-state index in [1.807, 2.05) is 39.0 Å². The lowest BCUT2D eigenvalue weighted by molar-refractivity contribution is -0.116. The summed E-state index contributed by atoms with van der Waals surface area (Å²) in [6.07, 6.45) is 2.56. The minimum Gasteiger partial charge on any atom is -0.444 e. The van der Waals surface area contributed by atoms with Crippen molar-refractivity contribution in [2.75, 3.05) is 18.4 Å². The SMILES string of the molecule is C=Cc1ccc2sc(-c3c(NC(=O)CCNC(C)C)sc4c3CCN(C(=O)OC(C)(C)C)C4)nc2c1. The van der Waals surface area contributed by atoms with E-state index in [1.165, 1.54) is 11.3 Å². The molecule has 0 radical (unpaired) electrons. The molecule has 2 N–H and O–H groups in total. The van der Waals surface area contributed by atoms with Crippen LogP contribution in [-0.4, -0.2) is 46.6 Å². The van der Waals surface area contributed by atoms with Crippen LogP contribution < -0.4 is 10.6 Å². The number of amides is 2. The molecule has 1 aliphatic heterocycles. The molecule has 2 aromatic heterocycles. The van der Waals surface area contributed by atoms with Crippen LogP contribution in [0.5, 0.6) is 0 Å². The Labute approximate surface area is 220 Å². The van der Waals surface area contributed by atoms with Gasteiger partial charge in [0.15, 0.2) is 0 Å². The van der Waals surface area contributed by atoms with Gasteiger partial charge in [0.2, 0.25) is 5.91 Å². The van der Waals surface area contributed by atoms with Gasteiger partial charge < -0.3 is 20.3 Å². The lowest BCUT2D eigenvalue weighted by Crippen LogP contribution is -2.39. The fourth-order valence-electron chi connectivity index (χ4n) is 4.04. The summed E-state index contributed by atoms with van der Waals surface area (Å²) in [5.41, 5.74) is 3.51. The number of fused-ring (bicyclic) bond motifs is 2. The van der Waals surface area contributed by atoms with Gasteiger partial charge in [-0.3, -0.25) is 4.79 Å². The van der Waals surface area contributed by atoms with Crippen molar-refractivity contribution < 1.29 is 14.3 Å². The number of nitrogens with zero attached hydrogens (tertiary/aromatic N) is 2. The highest BCUT2D eigenvalue weighted by Gasteiger charge is 2.31. The third-order valence-electron chi connectivity index (χ3n) is 5.73. The van der Waals surface area contributed by atoms with E-state index in [0.29, 0.717) is 38.5 Å². The minimum absolute atomic E-state index is 0.0398. The Balaban J connectivity index is 1.67. The number of anilines is 1. The largest absolute Gasteiger partial charge is 0.444 e. The summed E-state index contributed by atoms with van der Waals surface area (Å²) in [4.78, 5) is 33.3. The van der Waals surface area contributed by atoms with Crippen LogP contribution in [0.3, 0.4) is 0 Å². The molecular weight excluding hydrogens is 492 g/mol. The number of rotatable bonds is 7. The first-order chi connectivity index (χ1) is 17.0. The van der Waals surface area contributed by atoms with Crippen LogP contribution in [-0.2, 0) is 22.5 Å². The lowest BCUT2D eigenvalue weighted by Gasteiger charge is -2.30. The second kappa shape index (κ2) is 10.7. The molecule has 192 valence electrons. The van der Waals surface area contributed by atoms with Crippen molar-refractivity contribution in [3.05, 3.63) is 40.8 Å². The summed E-state index contributed by atoms with van der Waals surface area (Å²) >= 11 is 3.15. The van der Waals surface area contributed by atoms with E-state index in [9.17, 15) is 9.59 Å². The van der Waals surface area contributed by atoms with Crippen molar-refractivity contribution in [1.82, 2.24) is 15.2 Å². The van der Waals surface area contributed by atoms with Crippen molar-refractivity contribution in [1.29, 1.82) is 0 Å². The molecule has 3 aromatic rings. The molecule has 0 atom stereocenters. The highest BCUT2D eigenvalue weighted by atomic mass is 32.1. The summed E-state index contributed by atoms with van der Waals surface area (Å²) in [6.45, 7) is 15.2. The van der Waals surface area contributed by atoms with Crippen LogP contribution in [0, 0.1) is 0 Å². The molecule has 7 nitrogen and oxygen atoms in total. The lowest BCUT2D eigenvalue weighted by atomic mass is 10.0. The number of thiazole rings is 1. The summed E-state index contributed by atoms with van der Waals surface area (Å²) in [7, 11) is 0. The third-order valence-corrected chi connectivity index (χ3v) is 7.91. The van der Waals surface area contributed by atoms with Crippen LogP contribution in [0.1, 0.15) is 57.0 Å². The molecule has 0 saturated heterocycles. The topological polar surface area (TPSA) is 83.6 Å². The van der Waals surface area contributed by atoms with Crippen molar-refractivity contribution in [2.45, 2.75) is 65.6 Å². The average molecular weight is 527 g/mol. The zero-order chi connectivity index (χ0) is 26.0. The molecule has 9 heteroatoms. The minimum atomic E-state index is -0.549. The van der Waals surface area contributed by atoms with Gasteiger partial charge in [-0.2, -0.15) is 0 Å². The van der Waals surface area contributed by atoms with Crippen molar-refractivity contribution >= 4 is 56.0 Å². The number of thiophene rings is 1. The summed E-state index contributed by atoms with van der Waals surface area (Å²) < 4.78 is 6.68. The maximum atomic E-state index is 12.8. The number of carbonyl (C=O) groups is 2. The van der Waals surface area contributed by atoms with Gasteiger partial charge >= 0.3 is 6.09 Å².